The fraction of sp³-hybridized carbons (Fsp3) is 0.188. The van der Waals surface area contributed by atoms with Crippen molar-refractivity contribution in [1.29, 1.82) is 0 Å². The van der Waals surface area contributed by atoms with Gasteiger partial charge in [-0.25, -0.2) is 13.9 Å². The standard InChI is InChI=1S/C16H13FN4O2/c17-11-5-9(8-1-2-8)3-4-10(11)12-6-13(22)14(15(18)23)16-19-7-20-21(12)16/h3-8H,1-2H2,(H2,18,23)(H,19,20). The van der Waals surface area contributed by atoms with Gasteiger partial charge in [0.1, 0.15) is 17.7 Å². The van der Waals surface area contributed by atoms with Crippen molar-refractivity contribution in [3.63, 3.8) is 0 Å². The Morgan fingerprint density at radius 2 is 2.13 bits per heavy atom. The Balaban J connectivity index is 1.96. The maximum Gasteiger partial charge on any atom is 0.256 e. The van der Waals surface area contributed by atoms with Crippen LogP contribution in [0, 0.1) is 5.82 Å². The number of aromatic nitrogens is 3. The van der Waals surface area contributed by atoms with E-state index in [1.165, 1.54) is 23.0 Å². The van der Waals surface area contributed by atoms with E-state index in [4.69, 9.17) is 5.73 Å². The topological polar surface area (TPSA) is 93.3 Å². The number of carbonyl (C=O) groups excluding carboxylic acids is 1. The summed E-state index contributed by atoms with van der Waals surface area (Å²) in [7, 11) is 0. The molecular formula is C16H13FN4O2. The van der Waals surface area contributed by atoms with Gasteiger partial charge in [0, 0.05) is 11.6 Å². The number of aromatic amines is 1. The van der Waals surface area contributed by atoms with Crippen LogP contribution < -0.4 is 11.2 Å². The fourth-order valence-corrected chi connectivity index (χ4v) is 2.84. The number of nitrogens with one attached hydrogen (secondary N) is 1. The number of hydrogen-bond acceptors (Lipinski definition) is 3. The molecule has 1 aromatic carbocycles. The number of pyridine rings is 1. The number of H-pyrrole nitrogens is 1. The van der Waals surface area contributed by atoms with Crippen LogP contribution in [-0.4, -0.2) is 20.5 Å². The van der Waals surface area contributed by atoms with Crippen molar-refractivity contribution in [1.82, 2.24) is 14.6 Å². The van der Waals surface area contributed by atoms with Gasteiger partial charge in [0.25, 0.3) is 5.91 Å². The highest BCUT2D eigenvalue weighted by Gasteiger charge is 2.25. The fourth-order valence-electron chi connectivity index (χ4n) is 2.84. The molecule has 0 spiro atoms. The number of hydrogen-bond donors (Lipinski definition) is 2. The van der Waals surface area contributed by atoms with Gasteiger partial charge in [-0.15, -0.1) is 0 Å². The second kappa shape index (κ2) is 4.77. The third-order valence-corrected chi connectivity index (χ3v) is 4.13. The monoisotopic (exact) mass is 312 g/mol. The Labute approximate surface area is 129 Å². The number of halogens is 1. The van der Waals surface area contributed by atoms with Crippen molar-refractivity contribution < 1.29 is 9.18 Å². The molecule has 6 nitrogen and oxygen atoms in total. The summed E-state index contributed by atoms with van der Waals surface area (Å²) in [4.78, 5) is 27.6. The lowest BCUT2D eigenvalue weighted by atomic mass is 10.0. The van der Waals surface area contributed by atoms with Crippen LogP contribution >= 0.6 is 0 Å². The lowest BCUT2D eigenvalue weighted by Gasteiger charge is -2.09. The average Bonchev–Trinajstić information content (AvgIpc) is 3.24. The highest BCUT2D eigenvalue weighted by Crippen LogP contribution is 2.41. The Hall–Kier alpha value is -2.96. The molecule has 2 aromatic heterocycles. The predicted octanol–water partition coefficient (Wildman–Crippen LogP) is 1.80. The summed E-state index contributed by atoms with van der Waals surface area (Å²) in [6.45, 7) is 0. The second-order valence-electron chi connectivity index (χ2n) is 5.69. The van der Waals surface area contributed by atoms with Crippen LogP contribution in [0.4, 0.5) is 4.39 Å². The molecule has 1 saturated carbocycles. The van der Waals surface area contributed by atoms with E-state index in [-0.39, 0.29) is 16.8 Å². The minimum absolute atomic E-state index is 0.0886. The van der Waals surface area contributed by atoms with E-state index in [0.717, 1.165) is 18.4 Å². The summed E-state index contributed by atoms with van der Waals surface area (Å²) in [6, 6.07) is 6.21. The molecule has 0 bridgehead atoms. The predicted molar refractivity (Wildman–Crippen MR) is 81.7 cm³/mol. The molecule has 1 aliphatic rings. The summed E-state index contributed by atoms with van der Waals surface area (Å²) in [6.07, 6.45) is 3.48. The number of nitrogens with zero attached hydrogens (tertiary/aromatic N) is 2. The van der Waals surface area contributed by atoms with Crippen LogP contribution in [0.2, 0.25) is 0 Å². The molecule has 116 valence electrons. The number of primary amides is 1. The normalized spacial score (nSPS) is 14.3. The van der Waals surface area contributed by atoms with Gasteiger partial charge in [0.15, 0.2) is 11.1 Å². The molecule has 0 atom stereocenters. The molecule has 7 heteroatoms. The van der Waals surface area contributed by atoms with E-state index in [9.17, 15) is 14.0 Å². The quantitative estimate of drug-likeness (QED) is 0.772. The molecule has 2 heterocycles. The van der Waals surface area contributed by atoms with Crippen LogP contribution in [0.3, 0.4) is 0 Å². The first-order valence-electron chi connectivity index (χ1n) is 7.25. The van der Waals surface area contributed by atoms with Crippen molar-refractivity contribution >= 4 is 11.6 Å². The van der Waals surface area contributed by atoms with Crippen molar-refractivity contribution in [2.75, 3.05) is 0 Å². The van der Waals surface area contributed by atoms with E-state index < -0.39 is 17.2 Å². The van der Waals surface area contributed by atoms with Gasteiger partial charge < -0.3 is 5.73 Å². The molecule has 23 heavy (non-hydrogen) atoms. The highest BCUT2D eigenvalue weighted by atomic mass is 19.1. The van der Waals surface area contributed by atoms with Crippen molar-refractivity contribution in [3.8, 4) is 11.3 Å². The van der Waals surface area contributed by atoms with Gasteiger partial charge in [-0.05, 0) is 36.5 Å². The van der Waals surface area contributed by atoms with E-state index in [2.05, 4.69) is 10.1 Å². The maximum atomic E-state index is 14.5. The van der Waals surface area contributed by atoms with Crippen LogP contribution in [-0.2, 0) is 0 Å². The minimum Gasteiger partial charge on any atom is -0.365 e. The lowest BCUT2D eigenvalue weighted by Crippen LogP contribution is -2.23. The molecule has 0 aliphatic heterocycles. The van der Waals surface area contributed by atoms with Crippen LogP contribution in [0.25, 0.3) is 16.9 Å². The SMILES string of the molecule is NC(=O)c1c(=O)cc(-c2ccc(C3CC3)cc2F)n2[nH]cnc12. The zero-order valence-electron chi connectivity index (χ0n) is 12.0. The van der Waals surface area contributed by atoms with Crippen LogP contribution in [0.15, 0.2) is 35.4 Å². The molecule has 0 unspecified atom stereocenters. The average molecular weight is 312 g/mol. The smallest absolute Gasteiger partial charge is 0.256 e. The molecule has 3 aromatic rings. The second-order valence-corrected chi connectivity index (χ2v) is 5.69. The minimum atomic E-state index is -0.865. The summed E-state index contributed by atoms with van der Waals surface area (Å²) >= 11 is 0. The Kier molecular flexibility index (Phi) is 2.84. The Bertz CT molecular complexity index is 1000. The first-order valence-corrected chi connectivity index (χ1v) is 7.25. The Morgan fingerprint density at radius 1 is 1.35 bits per heavy atom. The van der Waals surface area contributed by atoms with Crippen molar-refractivity contribution in [2.24, 2.45) is 5.73 Å². The third kappa shape index (κ3) is 2.12. The van der Waals surface area contributed by atoms with Crippen molar-refractivity contribution in [3.05, 3.63) is 57.8 Å². The third-order valence-electron chi connectivity index (χ3n) is 4.13. The number of carbonyl (C=O) groups is 1. The lowest BCUT2D eigenvalue weighted by molar-refractivity contribution is 0.100. The molecule has 1 aliphatic carbocycles. The molecule has 0 saturated heterocycles. The van der Waals surface area contributed by atoms with Gasteiger partial charge in [-0.1, -0.05) is 6.07 Å². The molecule has 4 rings (SSSR count). The number of benzene rings is 1. The first-order chi connectivity index (χ1) is 11.1. The molecule has 1 amide bonds. The van der Waals surface area contributed by atoms with Crippen molar-refractivity contribution in [2.45, 2.75) is 18.8 Å². The molecule has 0 radical (unpaired) electrons. The van der Waals surface area contributed by atoms with E-state index in [1.54, 1.807) is 6.07 Å². The number of nitrogens with two attached hydrogens (primary N) is 1. The number of fused-ring (bicyclic) bond motifs is 1. The highest BCUT2D eigenvalue weighted by molar-refractivity contribution is 5.99. The molecule has 3 N–H and O–H groups in total. The summed E-state index contributed by atoms with van der Waals surface area (Å²) in [5.74, 6) is -0.842. The maximum absolute atomic E-state index is 14.5. The summed E-state index contributed by atoms with van der Waals surface area (Å²) in [5.41, 5.74) is 6.06. The zero-order valence-corrected chi connectivity index (χ0v) is 12.0. The van der Waals surface area contributed by atoms with Gasteiger partial charge >= 0.3 is 0 Å². The number of rotatable bonds is 3. The van der Waals surface area contributed by atoms with E-state index >= 15 is 0 Å². The van der Waals surface area contributed by atoms with Gasteiger partial charge in [-0.2, -0.15) is 0 Å². The van der Waals surface area contributed by atoms with Gasteiger partial charge in [-0.3, -0.25) is 14.7 Å². The van der Waals surface area contributed by atoms with E-state index in [0.29, 0.717) is 11.6 Å². The molecule has 1 fully saturated rings. The molecular weight excluding hydrogens is 299 g/mol. The summed E-state index contributed by atoms with van der Waals surface area (Å²) < 4.78 is 15.9. The number of amides is 1. The largest absolute Gasteiger partial charge is 0.365 e. The Morgan fingerprint density at radius 3 is 2.78 bits per heavy atom. The zero-order chi connectivity index (χ0) is 16.1. The first kappa shape index (κ1) is 13.7. The van der Waals surface area contributed by atoms with Crippen LogP contribution in [0.1, 0.15) is 34.7 Å². The van der Waals surface area contributed by atoms with Gasteiger partial charge in [0.05, 0.1) is 5.69 Å². The van der Waals surface area contributed by atoms with Gasteiger partial charge in [0.2, 0.25) is 0 Å². The summed E-state index contributed by atoms with van der Waals surface area (Å²) in [5, 5.41) is 2.78. The van der Waals surface area contributed by atoms with E-state index in [1.807, 2.05) is 6.07 Å². The van der Waals surface area contributed by atoms with Crippen LogP contribution in [0.5, 0.6) is 0 Å².